The van der Waals surface area contributed by atoms with E-state index in [1.807, 2.05) is 13.8 Å². The molecule has 0 aromatic rings. The van der Waals surface area contributed by atoms with Gasteiger partial charge in [0, 0.05) is 6.61 Å². The summed E-state index contributed by atoms with van der Waals surface area (Å²) in [5.41, 5.74) is -0.302. The van der Waals surface area contributed by atoms with Crippen LogP contribution in [-0.4, -0.2) is 42.9 Å². The van der Waals surface area contributed by atoms with Crippen LogP contribution in [0.2, 0.25) is 0 Å². The molecular weight excluding hydrogens is 244 g/mol. The Kier molecular flexibility index (Phi) is 5.41. The summed E-state index contributed by atoms with van der Waals surface area (Å²) in [5.74, 6) is -0.479. The molecule has 1 aliphatic heterocycles. The standard InChI is InChI=1S/C15H30O4/c1-13(2,3)16-9-8-14(4,5)17-10-12-11-18-15(6,7)19-12/h12H,8-11H2,1-7H3. The van der Waals surface area contributed by atoms with E-state index in [2.05, 4.69) is 34.6 Å². The van der Waals surface area contributed by atoms with Crippen molar-refractivity contribution in [1.29, 1.82) is 0 Å². The van der Waals surface area contributed by atoms with Crippen LogP contribution in [-0.2, 0) is 18.9 Å². The van der Waals surface area contributed by atoms with E-state index in [0.717, 1.165) is 6.42 Å². The van der Waals surface area contributed by atoms with Crippen LogP contribution in [0.3, 0.4) is 0 Å². The van der Waals surface area contributed by atoms with Gasteiger partial charge in [0.15, 0.2) is 5.79 Å². The van der Waals surface area contributed by atoms with Gasteiger partial charge in [0.25, 0.3) is 0 Å². The Balaban J connectivity index is 2.23. The first-order chi connectivity index (χ1) is 8.49. The van der Waals surface area contributed by atoms with Crippen molar-refractivity contribution in [2.75, 3.05) is 19.8 Å². The Hall–Kier alpha value is -0.160. The van der Waals surface area contributed by atoms with Crippen molar-refractivity contribution in [1.82, 2.24) is 0 Å². The van der Waals surface area contributed by atoms with Crippen molar-refractivity contribution in [2.45, 2.75) is 78.0 Å². The summed E-state index contributed by atoms with van der Waals surface area (Å²) in [6.45, 7) is 16.1. The van der Waals surface area contributed by atoms with E-state index in [1.165, 1.54) is 0 Å². The minimum Gasteiger partial charge on any atom is -0.376 e. The summed E-state index contributed by atoms with van der Waals surface area (Å²) in [6, 6.07) is 0. The predicted octanol–water partition coefficient (Wildman–Crippen LogP) is 3.14. The molecule has 0 saturated carbocycles. The van der Waals surface area contributed by atoms with Crippen molar-refractivity contribution in [3.63, 3.8) is 0 Å². The van der Waals surface area contributed by atoms with Gasteiger partial charge in [-0.1, -0.05) is 0 Å². The third-order valence-electron chi connectivity index (χ3n) is 2.97. The Morgan fingerprint density at radius 3 is 2.21 bits per heavy atom. The van der Waals surface area contributed by atoms with Crippen molar-refractivity contribution >= 4 is 0 Å². The molecule has 0 aromatic heterocycles. The fraction of sp³-hybridized carbons (Fsp3) is 1.00. The van der Waals surface area contributed by atoms with Gasteiger partial charge in [0.1, 0.15) is 6.10 Å². The predicted molar refractivity (Wildman–Crippen MR) is 75.3 cm³/mol. The molecule has 4 nitrogen and oxygen atoms in total. The Labute approximate surface area is 117 Å². The molecular formula is C15H30O4. The van der Waals surface area contributed by atoms with Gasteiger partial charge < -0.3 is 18.9 Å². The van der Waals surface area contributed by atoms with Crippen LogP contribution >= 0.6 is 0 Å². The largest absolute Gasteiger partial charge is 0.376 e. The Morgan fingerprint density at radius 2 is 1.74 bits per heavy atom. The zero-order valence-electron chi connectivity index (χ0n) is 13.5. The lowest BCUT2D eigenvalue weighted by molar-refractivity contribution is -0.154. The van der Waals surface area contributed by atoms with Gasteiger partial charge in [0.05, 0.1) is 24.4 Å². The van der Waals surface area contributed by atoms with Crippen LogP contribution in [0.5, 0.6) is 0 Å². The first kappa shape index (κ1) is 16.9. The molecule has 0 spiro atoms. The molecule has 114 valence electrons. The van der Waals surface area contributed by atoms with Crippen LogP contribution < -0.4 is 0 Å². The molecule has 1 fully saturated rings. The summed E-state index contributed by atoms with van der Waals surface area (Å²) in [7, 11) is 0. The summed E-state index contributed by atoms with van der Waals surface area (Å²) in [5, 5.41) is 0. The first-order valence-corrected chi connectivity index (χ1v) is 7.09. The van der Waals surface area contributed by atoms with E-state index < -0.39 is 5.79 Å². The molecule has 1 heterocycles. The number of hydrogen-bond acceptors (Lipinski definition) is 4. The monoisotopic (exact) mass is 274 g/mol. The minimum atomic E-state index is -0.479. The van der Waals surface area contributed by atoms with E-state index in [0.29, 0.717) is 19.8 Å². The minimum absolute atomic E-state index is 0.0257. The van der Waals surface area contributed by atoms with Crippen LogP contribution in [0.25, 0.3) is 0 Å². The van der Waals surface area contributed by atoms with E-state index >= 15 is 0 Å². The molecule has 1 unspecified atom stereocenters. The highest BCUT2D eigenvalue weighted by Crippen LogP contribution is 2.24. The SMILES string of the molecule is CC(C)(C)OCCC(C)(C)OCC1COC(C)(C)O1. The van der Waals surface area contributed by atoms with Gasteiger partial charge in [-0.05, 0) is 54.9 Å². The van der Waals surface area contributed by atoms with Crippen LogP contribution in [0.1, 0.15) is 54.9 Å². The Bertz CT molecular complexity index is 278. The van der Waals surface area contributed by atoms with Crippen LogP contribution in [0.4, 0.5) is 0 Å². The second-order valence-electron chi connectivity index (χ2n) is 7.23. The lowest BCUT2D eigenvalue weighted by Crippen LogP contribution is -2.33. The highest BCUT2D eigenvalue weighted by atomic mass is 16.7. The second kappa shape index (κ2) is 6.08. The molecule has 1 atom stereocenters. The van der Waals surface area contributed by atoms with E-state index in [9.17, 15) is 0 Å². The molecule has 0 radical (unpaired) electrons. The zero-order valence-corrected chi connectivity index (χ0v) is 13.5. The van der Waals surface area contributed by atoms with Gasteiger partial charge in [0.2, 0.25) is 0 Å². The molecule has 0 N–H and O–H groups in total. The van der Waals surface area contributed by atoms with Gasteiger partial charge in [-0.25, -0.2) is 0 Å². The third-order valence-corrected chi connectivity index (χ3v) is 2.97. The molecule has 19 heavy (non-hydrogen) atoms. The van der Waals surface area contributed by atoms with Crippen LogP contribution in [0.15, 0.2) is 0 Å². The summed E-state index contributed by atoms with van der Waals surface area (Å²) in [6.07, 6.45) is 0.888. The molecule has 0 bridgehead atoms. The normalized spacial score (nSPS) is 23.8. The van der Waals surface area contributed by atoms with E-state index in [4.69, 9.17) is 18.9 Å². The average molecular weight is 274 g/mol. The zero-order chi connectivity index (χ0) is 14.7. The molecule has 0 amide bonds. The summed E-state index contributed by atoms with van der Waals surface area (Å²) in [4.78, 5) is 0. The molecule has 1 rings (SSSR count). The quantitative estimate of drug-likeness (QED) is 0.745. The molecule has 0 aliphatic carbocycles. The molecule has 1 aliphatic rings. The highest BCUT2D eigenvalue weighted by Gasteiger charge is 2.34. The number of hydrogen-bond donors (Lipinski definition) is 0. The van der Waals surface area contributed by atoms with E-state index in [-0.39, 0.29) is 17.3 Å². The molecule has 0 aromatic carbocycles. The fourth-order valence-electron chi connectivity index (χ4n) is 1.84. The lowest BCUT2D eigenvalue weighted by Gasteiger charge is -2.29. The fourth-order valence-corrected chi connectivity index (χ4v) is 1.84. The van der Waals surface area contributed by atoms with Crippen LogP contribution in [0, 0.1) is 0 Å². The van der Waals surface area contributed by atoms with Crippen molar-refractivity contribution in [2.24, 2.45) is 0 Å². The number of rotatable bonds is 6. The van der Waals surface area contributed by atoms with Gasteiger partial charge in [-0.3, -0.25) is 0 Å². The van der Waals surface area contributed by atoms with Gasteiger partial charge >= 0.3 is 0 Å². The molecule has 1 saturated heterocycles. The van der Waals surface area contributed by atoms with Crippen molar-refractivity contribution in [3.8, 4) is 0 Å². The highest BCUT2D eigenvalue weighted by molar-refractivity contribution is 4.74. The van der Waals surface area contributed by atoms with E-state index in [1.54, 1.807) is 0 Å². The Morgan fingerprint density at radius 1 is 1.11 bits per heavy atom. The topological polar surface area (TPSA) is 36.9 Å². The maximum absolute atomic E-state index is 5.94. The lowest BCUT2D eigenvalue weighted by atomic mass is 10.1. The maximum Gasteiger partial charge on any atom is 0.163 e. The first-order valence-electron chi connectivity index (χ1n) is 7.09. The summed E-state index contributed by atoms with van der Waals surface area (Å²) < 4.78 is 22.9. The second-order valence-corrected chi connectivity index (χ2v) is 7.23. The smallest absolute Gasteiger partial charge is 0.163 e. The average Bonchev–Trinajstić information content (AvgIpc) is 2.53. The van der Waals surface area contributed by atoms with Crippen molar-refractivity contribution < 1.29 is 18.9 Å². The number of ether oxygens (including phenoxy) is 4. The van der Waals surface area contributed by atoms with Gasteiger partial charge in [-0.15, -0.1) is 0 Å². The summed E-state index contributed by atoms with van der Waals surface area (Å²) >= 11 is 0. The van der Waals surface area contributed by atoms with Crippen molar-refractivity contribution in [3.05, 3.63) is 0 Å². The third kappa shape index (κ3) is 7.25. The molecule has 4 heteroatoms. The van der Waals surface area contributed by atoms with Gasteiger partial charge in [-0.2, -0.15) is 0 Å². The maximum atomic E-state index is 5.94.